The summed E-state index contributed by atoms with van der Waals surface area (Å²) in [5.74, 6) is -1.09. The Morgan fingerprint density at radius 3 is 2.57 bits per heavy atom. The smallest absolute Gasteiger partial charge is 0.245 e. The minimum atomic E-state index is -3.76. The number of carbonyl (C=O) groups is 1. The third-order valence-corrected chi connectivity index (χ3v) is 5.63. The zero-order chi connectivity index (χ0) is 20.5. The fourth-order valence-corrected chi connectivity index (χ4v) is 4.12. The first-order valence-corrected chi connectivity index (χ1v) is 10.7. The molecule has 0 radical (unpaired) electrons. The Morgan fingerprint density at radius 2 is 1.93 bits per heavy atom. The van der Waals surface area contributed by atoms with Crippen LogP contribution in [0.2, 0.25) is 0 Å². The van der Waals surface area contributed by atoms with Crippen LogP contribution < -0.4 is 9.62 Å². The van der Waals surface area contributed by atoms with E-state index in [9.17, 15) is 17.6 Å². The average Bonchev–Trinajstić information content (AvgIpc) is 2.92. The predicted octanol–water partition coefficient (Wildman–Crippen LogP) is 3.51. The molecule has 1 amide bonds. The van der Waals surface area contributed by atoms with Crippen LogP contribution in [0.5, 0.6) is 0 Å². The van der Waals surface area contributed by atoms with E-state index in [1.165, 1.54) is 18.2 Å². The number of fused-ring (bicyclic) bond motifs is 1. The van der Waals surface area contributed by atoms with Gasteiger partial charge in [-0.2, -0.15) is 0 Å². The third-order valence-electron chi connectivity index (χ3n) is 4.49. The second-order valence-corrected chi connectivity index (χ2v) is 8.51. The molecule has 0 spiro atoms. The van der Waals surface area contributed by atoms with Crippen LogP contribution in [0.4, 0.5) is 15.8 Å². The van der Waals surface area contributed by atoms with Crippen LogP contribution in [-0.2, 0) is 21.4 Å². The number of amides is 1. The normalized spacial score (nSPS) is 11.6. The molecular formula is C20H22FN3O3S. The van der Waals surface area contributed by atoms with Gasteiger partial charge in [0.2, 0.25) is 15.9 Å². The van der Waals surface area contributed by atoms with Crippen molar-refractivity contribution in [1.29, 1.82) is 0 Å². The molecule has 0 saturated heterocycles. The van der Waals surface area contributed by atoms with Crippen LogP contribution in [-0.4, -0.2) is 31.7 Å². The zero-order valence-corrected chi connectivity index (χ0v) is 16.8. The number of nitrogens with one attached hydrogen (secondary N) is 1. The van der Waals surface area contributed by atoms with Gasteiger partial charge in [0.1, 0.15) is 12.4 Å². The van der Waals surface area contributed by atoms with E-state index in [1.807, 2.05) is 25.1 Å². The molecule has 0 bridgehead atoms. The molecule has 148 valence electrons. The number of anilines is 2. The fourth-order valence-electron chi connectivity index (χ4n) is 3.27. The van der Waals surface area contributed by atoms with Crippen LogP contribution in [0, 0.1) is 12.7 Å². The second kappa shape index (κ2) is 7.63. The molecule has 0 aliphatic heterocycles. The van der Waals surface area contributed by atoms with E-state index in [0.717, 1.165) is 39.8 Å². The first-order chi connectivity index (χ1) is 13.2. The van der Waals surface area contributed by atoms with Gasteiger partial charge in [-0.15, -0.1) is 0 Å². The fraction of sp³-hybridized carbons (Fsp3) is 0.250. The lowest BCUT2D eigenvalue weighted by Gasteiger charge is -2.22. The van der Waals surface area contributed by atoms with Gasteiger partial charge >= 0.3 is 0 Å². The minimum Gasteiger partial charge on any atom is -0.345 e. The largest absolute Gasteiger partial charge is 0.345 e. The molecule has 3 rings (SSSR count). The molecule has 28 heavy (non-hydrogen) atoms. The van der Waals surface area contributed by atoms with Crippen LogP contribution in [0.15, 0.2) is 48.5 Å². The Labute approximate surface area is 163 Å². The summed E-state index contributed by atoms with van der Waals surface area (Å²) in [6, 6.07) is 12.7. The van der Waals surface area contributed by atoms with Gasteiger partial charge in [-0.05, 0) is 56.3 Å². The quantitative estimate of drug-likeness (QED) is 0.685. The third kappa shape index (κ3) is 4.17. The van der Waals surface area contributed by atoms with Crippen LogP contribution in [0.25, 0.3) is 10.9 Å². The summed E-state index contributed by atoms with van der Waals surface area (Å²) in [5.41, 5.74) is 2.85. The Bertz CT molecular complexity index is 1140. The summed E-state index contributed by atoms with van der Waals surface area (Å²) in [5, 5.41) is 3.71. The van der Waals surface area contributed by atoms with Gasteiger partial charge in [-0.3, -0.25) is 9.10 Å². The van der Waals surface area contributed by atoms with Crippen molar-refractivity contribution in [2.24, 2.45) is 0 Å². The van der Waals surface area contributed by atoms with Crippen molar-refractivity contribution in [3.63, 3.8) is 0 Å². The van der Waals surface area contributed by atoms with Gasteiger partial charge in [0.05, 0.1) is 11.9 Å². The summed E-state index contributed by atoms with van der Waals surface area (Å²) >= 11 is 0. The first-order valence-electron chi connectivity index (χ1n) is 8.82. The number of hydrogen-bond donors (Lipinski definition) is 1. The van der Waals surface area contributed by atoms with E-state index < -0.39 is 28.3 Å². The highest BCUT2D eigenvalue weighted by Gasteiger charge is 2.21. The van der Waals surface area contributed by atoms with E-state index in [2.05, 4.69) is 16.8 Å². The highest BCUT2D eigenvalue weighted by Crippen LogP contribution is 2.24. The maximum absolute atomic E-state index is 13.5. The zero-order valence-electron chi connectivity index (χ0n) is 15.9. The van der Waals surface area contributed by atoms with E-state index >= 15 is 0 Å². The molecule has 0 fully saturated rings. The second-order valence-electron chi connectivity index (χ2n) is 6.60. The van der Waals surface area contributed by atoms with Crippen molar-refractivity contribution < 1.29 is 17.6 Å². The highest BCUT2D eigenvalue weighted by atomic mass is 32.2. The number of rotatable bonds is 6. The van der Waals surface area contributed by atoms with Gasteiger partial charge in [-0.1, -0.05) is 6.07 Å². The van der Waals surface area contributed by atoms with Crippen molar-refractivity contribution in [2.75, 3.05) is 22.4 Å². The number of benzene rings is 2. The molecule has 1 N–H and O–H groups in total. The number of nitrogens with zero attached hydrogens (tertiary/aromatic N) is 2. The molecule has 2 aromatic carbocycles. The van der Waals surface area contributed by atoms with E-state index in [-0.39, 0.29) is 5.69 Å². The number of aromatic nitrogens is 1. The lowest BCUT2D eigenvalue weighted by atomic mass is 10.2. The molecule has 0 unspecified atom stereocenters. The van der Waals surface area contributed by atoms with Crippen LogP contribution >= 0.6 is 0 Å². The Morgan fingerprint density at radius 1 is 1.18 bits per heavy atom. The maximum Gasteiger partial charge on any atom is 0.245 e. The summed E-state index contributed by atoms with van der Waals surface area (Å²) in [6.07, 6.45) is 0.980. The topological polar surface area (TPSA) is 71.4 Å². The Kier molecular flexibility index (Phi) is 5.42. The molecule has 1 aromatic heterocycles. The average molecular weight is 403 g/mol. The molecule has 0 aliphatic carbocycles. The number of hydrogen-bond acceptors (Lipinski definition) is 3. The van der Waals surface area contributed by atoms with Crippen molar-refractivity contribution >= 4 is 38.2 Å². The van der Waals surface area contributed by atoms with E-state index in [4.69, 9.17) is 0 Å². The molecule has 8 heteroatoms. The summed E-state index contributed by atoms with van der Waals surface area (Å²) in [6.45, 7) is 4.48. The molecular weight excluding hydrogens is 381 g/mol. The van der Waals surface area contributed by atoms with Crippen LogP contribution in [0.1, 0.15) is 12.6 Å². The van der Waals surface area contributed by atoms with Crippen molar-refractivity contribution in [2.45, 2.75) is 20.4 Å². The van der Waals surface area contributed by atoms with Crippen LogP contribution in [0.3, 0.4) is 0 Å². The molecule has 3 aromatic rings. The molecule has 0 saturated carbocycles. The monoisotopic (exact) mass is 403 g/mol. The van der Waals surface area contributed by atoms with Gasteiger partial charge < -0.3 is 9.88 Å². The SMILES string of the molecule is CCn1c(C)cc2cc(NC(=O)CN(c3cccc(F)c3)S(C)(=O)=O)ccc21. The van der Waals surface area contributed by atoms with Gasteiger partial charge in [0.15, 0.2) is 0 Å². The van der Waals surface area contributed by atoms with Crippen molar-refractivity contribution in [3.05, 3.63) is 60.0 Å². The summed E-state index contributed by atoms with van der Waals surface area (Å²) in [4.78, 5) is 12.5. The highest BCUT2D eigenvalue weighted by molar-refractivity contribution is 7.92. The first kappa shape index (κ1) is 19.9. The molecule has 1 heterocycles. The summed E-state index contributed by atoms with van der Waals surface area (Å²) in [7, 11) is -3.76. The standard InChI is InChI=1S/C20H22FN3O3S/c1-4-23-14(2)10-15-11-17(8-9-19(15)23)22-20(25)13-24(28(3,26)27)18-7-5-6-16(21)12-18/h5-12H,4,13H2,1-3H3,(H,22,25). The van der Waals surface area contributed by atoms with Gasteiger partial charge in [-0.25, -0.2) is 12.8 Å². The number of halogens is 1. The number of carbonyl (C=O) groups excluding carboxylic acids is 1. The predicted molar refractivity (Wildman–Crippen MR) is 110 cm³/mol. The lowest BCUT2D eigenvalue weighted by molar-refractivity contribution is -0.114. The van der Waals surface area contributed by atoms with E-state index in [1.54, 1.807) is 6.07 Å². The van der Waals surface area contributed by atoms with Gasteiger partial charge in [0, 0.05) is 28.8 Å². The number of aryl methyl sites for hydroxylation is 2. The number of sulfonamides is 1. The Hall–Kier alpha value is -2.87. The maximum atomic E-state index is 13.5. The van der Waals surface area contributed by atoms with E-state index in [0.29, 0.717) is 5.69 Å². The minimum absolute atomic E-state index is 0.101. The molecule has 0 aliphatic rings. The molecule has 6 nitrogen and oxygen atoms in total. The van der Waals surface area contributed by atoms with Gasteiger partial charge in [0.25, 0.3) is 0 Å². The Balaban J connectivity index is 1.82. The summed E-state index contributed by atoms with van der Waals surface area (Å²) < 4.78 is 40.7. The molecule has 0 atom stereocenters. The van der Waals surface area contributed by atoms with Crippen molar-refractivity contribution in [1.82, 2.24) is 4.57 Å². The van der Waals surface area contributed by atoms with Crippen molar-refractivity contribution in [3.8, 4) is 0 Å². The lowest BCUT2D eigenvalue weighted by Crippen LogP contribution is -2.37.